The number of carbonyl (C=O) groups excluding carboxylic acids is 2. The van der Waals surface area contributed by atoms with E-state index >= 15 is 0 Å². The van der Waals surface area contributed by atoms with Gasteiger partial charge in [0.1, 0.15) is 19.3 Å². The zero-order valence-electron chi connectivity index (χ0n) is 31.1. The van der Waals surface area contributed by atoms with Gasteiger partial charge >= 0.3 is 11.9 Å². The number of hydrogen-bond acceptors (Lipinski definition) is 7. The smallest absolute Gasteiger partial charge is 0.305 e. The maximum absolute atomic E-state index is 12.0. The number of carbonyl (C=O) groups is 2. The highest BCUT2D eigenvalue weighted by Gasteiger charge is 2.12. The molecule has 7 heteroatoms. The molecule has 0 rings (SSSR count). The first-order valence-electron chi connectivity index (χ1n) is 19.1. The monoisotopic (exact) mass is 687 g/mol. The van der Waals surface area contributed by atoms with E-state index in [4.69, 9.17) is 9.47 Å². The number of allylic oxidation sites excluding steroid dienone is 8. The first kappa shape index (κ1) is 46.3. The van der Waals surface area contributed by atoms with E-state index in [1.807, 2.05) is 48.6 Å². The van der Waals surface area contributed by atoms with Crippen LogP contribution in [0, 0.1) is 5.92 Å². The van der Waals surface area contributed by atoms with Gasteiger partial charge in [0.05, 0.1) is 12.2 Å². The number of unbranched alkanes of at least 4 members (excludes halogenated alkanes) is 11. The van der Waals surface area contributed by atoms with Gasteiger partial charge in [-0.1, -0.05) is 164 Å². The van der Waals surface area contributed by atoms with Crippen molar-refractivity contribution in [3.63, 3.8) is 0 Å². The molecule has 0 amide bonds. The van der Waals surface area contributed by atoms with Crippen molar-refractivity contribution in [3.8, 4) is 0 Å². The zero-order chi connectivity index (χ0) is 36.2. The van der Waals surface area contributed by atoms with E-state index in [0.717, 1.165) is 38.0 Å². The van der Waals surface area contributed by atoms with Crippen molar-refractivity contribution in [2.24, 2.45) is 5.92 Å². The number of esters is 2. The maximum Gasteiger partial charge on any atom is 0.305 e. The topological polar surface area (TPSA) is 113 Å². The van der Waals surface area contributed by atoms with Crippen LogP contribution in [-0.2, 0) is 19.1 Å². The molecule has 0 saturated carbocycles. The highest BCUT2D eigenvalue weighted by Crippen LogP contribution is 2.14. The van der Waals surface area contributed by atoms with Crippen LogP contribution < -0.4 is 0 Å². The molecule has 0 aromatic carbocycles. The first-order valence-corrected chi connectivity index (χ1v) is 19.1. The van der Waals surface area contributed by atoms with Gasteiger partial charge in [-0.05, 0) is 44.4 Å². The van der Waals surface area contributed by atoms with Crippen LogP contribution >= 0.6 is 0 Å². The Morgan fingerprint density at radius 2 is 1.12 bits per heavy atom. The van der Waals surface area contributed by atoms with Crippen molar-refractivity contribution in [3.05, 3.63) is 72.9 Å². The fraction of sp³-hybridized carbons (Fsp3) is 0.667. The van der Waals surface area contributed by atoms with Crippen LogP contribution in [0.2, 0.25) is 0 Å². The van der Waals surface area contributed by atoms with Crippen LogP contribution in [0.25, 0.3) is 0 Å². The van der Waals surface area contributed by atoms with Crippen molar-refractivity contribution < 1.29 is 34.4 Å². The van der Waals surface area contributed by atoms with Crippen molar-refractivity contribution in [2.45, 2.75) is 161 Å². The first-order chi connectivity index (χ1) is 23.7. The lowest BCUT2D eigenvalue weighted by Crippen LogP contribution is -2.25. The zero-order valence-corrected chi connectivity index (χ0v) is 31.1. The summed E-state index contributed by atoms with van der Waals surface area (Å²) >= 11 is 0. The van der Waals surface area contributed by atoms with Gasteiger partial charge in [-0.3, -0.25) is 9.59 Å². The summed E-state index contributed by atoms with van der Waals surface area (Å²) in [6.07, 6.45) is 38.9. The second-order valence-electron chi connectivity index (χ2n) is 13.2. The van der Waals surface area contributed by atoms with E-state index in [1.165, 1.54) is 57.8 Å². The van der Waals surface area contributed by atoms with Crippen molar-refractivity contribution in [1.29, 1.82) is 0 Å². The third-order valence-corrected chi connectivity index (χ3v) is 7.81. The molecule has 0 aromatic heterocycles. The Hall–Kier alpha value is -2.74. The standard InChI is InChI=1S/C42H70O7/c1-4-5-21-29-38(43)30-23-17-13-11-14-18-24-31-39(44)32-25-20-27-34-42(47)49-36-40(45)35-48-41(46)33-26-19-15-10-8-6-7-9-12-16-22-28-37(2)3/h5,13-14,17-18,21,23-25,30-32,37-40,43-45H,4,6-12,15-16,19-20,22,26-29,33-36H2,1-3H3/b17-13-,18-14-,21-5-,30-23+,31-24+,32-25-/t38-,39-,40-/m1/s1. The molecule has 0 aliphatic heterocycles. The summed E-state index contributed by atoms with van der Waals surface area (Å²) < 4.78 is 10.2. The Balaban J connectivity index is 3.74. The molecule has 0 aliphatic carbocycles. The van der Waals surface area contributed by atoms with Gasteiger partial charge < -0.3 is 24.8 Å². The van der Waals surface area contributed by atoms with Gasteiger partial charge in [-0.25, -0.2) is 0 Å². The minimum absolute atomic E-state index is 0.177. The molecular formula is C42H70O7. The van der Waals surface area contributed by atoms with Crippen LogP contribution in [0.1, 0.15) is 143 Å². The molecule has 0 bridgehead atoms. The minimum atomic E-state index is -1.04. The molecule has 0 spiro atoms. The number of ether oxygens (including phenoxy) is 2. The Morgan fingerprint density at radius 3 is 1.69 bits per heavy atom. The third kappa shape index (κ3) is 36.4. The lowest BCUT2D eigenvalue weighted by Gasteiger charge is -2.12. The summed E-state index contributed by atoms with van der Waals surface area (Å²) in [5.41, 5.74) is 0. The van der Waals surface area contributed by atoms with Gasteiger partial charge in [0.15, 0.2) is 0 Å². The van der Waals surface area contributed by atoms with E-state index < -0.39 is 24.3 Å². The highest BCUT2D eigenvalue weighted by molar-refractivity contribution is 5.69. The largest absolute Gasteiger partial charge is 0.463 e. The van der Waals surface area contributed by atoms with Crippen LogP contribution in [0.15, 0.2) is 72.9 Å². The number of hydrogen-bond donors (Lipinski definition) is 3. The maximum atomic E-state index is 12.0. The minimum Gasteiger partial charge on any atom is -0.463 e. The summed E-state index contributed by atoms with van der Waals surface area (Å²) in [6.45, 7) is 6.26. The fourth-order valence-corrected chi connectivity index (χ4v) is 4.89. The quantitative estimate of drug-likeness (QED) is 0.0280. The number of aliphatic hydroxyl groups excluding tert-OH is 3. The Morgan fingerprint density at radius 1 is 0.592 bits per heavy atom. The summed E-state index contributed by atoms with van der Waals surface area (Å²) in [5, 5.41) is 29.8. The van der Waals surface area contributed by atoms with Crippen LogP contribution in [-0.4, -0.2) is 58.8 Å². The Kier molecular flexibility index (Phi) is 33.1. The van der Waals surface area contributed by atoms with E-state index in [1.54, 1.807) is 24.3 Å². The predicted octanol–water partition coefficient (Wildman–Crippen LogP) is 9.58. The van der Waals surface area contributed by atoms with Crippen molar-refractivity contribution >= 4 is 11.9 Å². The molecule has 280 valence electrons. The molecule has 3 N–H and O–H groups in total. The molecule has 0 fully saturated rings. The van der Waals surface area contributed by atoms with E-state index in [-0.39, 0.29) is 25.6 Å². The summed E-state index contributed by atoms with van der Waals surface area (Å²) in [7, 11) is 0. The van der Waals surface area contributed by atoms with E-state index in [2.05, 4.69) is 20.8 Å². The third-order valence-electron chi connectivity index (χ3n) is 7.81. The molecule has 0 unspecified atom stereocenters. The van der Waals surface area contributed by atoms with Gasteiger partial charge in [-0.2, -0.15) is 0 Å². The molecule has 3 atom stereocenters. The van der Waals surface area contributed by atoms with E-state index in [0.29, 0.717) is 25.7 Å². The number of aliphatic hydroxyl groups is 3. The summed E-state index contributed by atoms with van der Waals surface area (Å²) in [4.78, 5) is 23.9. The Labute approximate surface area is 298 Å². The fourth-order valence-electron chi connectivity index (χ4n) is 4.89. The molecular weight excluding hydrogens is 616 g/mol. The Bertz CT molecular complexity index is 960. The second kappa shape index (κ2) is 35.1. The normalized spacial score (nSPS) is 14.4. The highest BCUT2D eigenvalue weighted by atomic mass is 16.6. The molecule has 0 aromatic rings. The molecule has 0 radical (unpaired) electrons. The lowest BCUT2D eigenvalue weighted by molar-refractivity contribution is -0.152. The van der Waals surface area contributed by atoms with Crippen molar-refractivity contribution in [2.75, 3.05) is 13.2 Å². The molecule has 0 saturated heterocycles. The predicted molar refractivity (Wildman–Crippen MR) is 203 cm³/mol. The van der Waals surface area contributed by atoms with Gasteiger partial charge in [0.2, 0.25) is 0 Å². The van der Waals surface area contributed by atoms with E-state index in [9.17, 15) is 24.9 Å². The van der Waals surface area contributed by atoms with Crippen LogP contribution in [0.5, 0.6) is 0 Å². The van der Waals surface area contributed by atoms with Gasteiger partial charge in [-0.15, -0.1) is 0 Å². The molecule has 0 heterocycles. The number of rotatable bonds is 32. The van der Waals surface area contributed by atoms with Crippen LogP contribution in [0.4, 0.5) is 0 Å². The molecule has 49 heavy (non-hydrogen) atoms. The van der Waals surface area contributed by atoms with Gasteiger partial charge in [0, 0.05) is 12.8 Å². The average Bonchev–Trinajstić information content (AvgIpc) is 3.07. The lowest BCUT2D eigenvalue weighted by atomic mass is 10.0. The van der Waals surface area contributed by atoms with Crippen LogP contribution in [0.3, 0.4) is 0 Å². The SMILES string of the molecule is CC/C=C\C[C@@H](O)/C=C/C=C\C/C=C\C=C\[C@@H](O)/C=C\CCCC(=O)OC[C@H](O)COC(=O)CCCCCCCCCCCCCC(C)C. The van der Waals surface area contributed by atoms with Gasteiger partial charge in [0.25, 0.3) is 0 Å². The summed E-state index contributed by atoms with van der Waals surface area (Å²) in [5.74, 6) is 0.0737. The average molecular weight is 687 g/mol. The summed E-state index contributed by atoms with van der Waals surface area (Å²) in [6, 6.07) is 0. The molecule has 7 nitrogen and oxygen atoms in total. The van der Waals surface area contributed by atoms with Crippen molar-refractivity contribution in [1.82, 2.24) is 0 Å². The molecule has 0 aliphatic rings. The second-order valence-corrected chi connectivity index (χ2v) is 13.2.